The average Bonchev–Trinajstić information content (AvgIpc) is 2.51. The van der Waals surface area contributed by atoms with Gasteiger partial charge in [-0.1, -0.05) is 12.1 Å². The third-order valence-electron chi connectivity index (χ3n) is 3.27. The van der Waals surface area contributed by atoms with Crippen LogP contribution in [0.4, 0.5) is 0 Å². The Morgan fingerprint density at radius 2 is 1.68 bits per heavy atom. The fourth-order valence-electron chi connectivity index (χ4n) is 2.11. The zero-order chi connectivity index (χ0) is 15.9. The monoisotopic (exact) mass is 298 g/mol. The van der Waals surface area contributed by atoms with E-state index in [4.69, 9.17) is 9.52 Å². The standard InChI is InChI=1S/C16H10O6/c17-11-6-5-10-12(18)7-13(22-15(10)14(11)19)8-1-3-9(4-2-8)16(20)21/h1-7,17,19H,(H,20,21). The number of carbonyl (C=O) groups is 1. The van der Waals surface area contributed by atoms with Crippen LogP contribution in [0.5, 0.6) is 11.5 Å². The number of aromatic hydroxyl groups is 2. The van der Waals surface area contributed by atoms with Crippen molar-refractivity contribution in [2.45, 2.75) is 0 Å². The van der Waals surface area contributed by atoms with Gasteiger partial charge in [0.2, 0.25) is 5.75 Å². The molecule has 0 saturated carbocycles. The van der Waals surface area contributed by atoms with Gasteiger partial charge in [0, 0.05) is 11.6 Å². The van der Waals surface area contributed by atoms with Crippen LogP contribution in [0.15, 0.2) is 51.7 Å². The van der Waals surface area contributed by atoms with E-state index in [2.05, 4.69) is 0 Å². The lowest BCUT2D eigenvalue weighted by atomic mass is 10.1. The minimum Gasteiger partial charge on any atom is -0.504 e. The Balaban J connectivity index is 2.21. The molecule has 2 aromatic carbocycles. The molecule has 0 saturated heterocycles. The number of fused-ring (bicyclic) bond motifs is 1. The van der Waals surface area contributed by atoms with Gasteiger partial charge in [-0.25, -0.2) is 4.79 Å². The summed E-state index contributed by atoms with van der Waals surface area (Å²) < 4.78 is 5.48. The zero-order valence-electron chi connectivity index (χ0n) is 11.1. The summed E-state index contributed by atoms with van der Waals surface area (Å²) in [6, 6.07) is 9.55. The van der Waals surface area contributed by atoms with Crippen LogP contribution in [0, 0.1) is 0 Å². The van der Waals surface area contributed by atoms with Gasteiger partial charge in [-0.05, 0) is 24.3 Å². The van der Waals surface area contributed by atoms with Crippen molar-refractivity contribution in [1.82, 2.24) is 0 Å². The number of carboxylic acids is 1. The smallest absolute Gasteiger partial charge is 0.335 e. The van der Waals surface area contributed by atoms with E-state index in [1.807, 2.05) is 0 Å². The molecule has 0 atom stereocenters. The molecule has 0 aliphatic carbocycles. The van der Waals surface area contributed by atoms with Crippen molar-refractivity contribution < 1.29 is 24.5 Å². The number of phenolic OH excluding ortho intramolecular Hbond substituents is 2. The molecule has 3 N–H and O–H groups in total. The van der Waals surface area contributed by atoms with E-state index in [0.717, 1.165) is 0 Å². The second-order valence-corrected chi connectivity index (χ2v) is 4.67. The SMILES string of the molecule is O=C(O)c1ccc(-c2cc(=O)c3ccc(O)c(O)c3o2)cc1. The first-order valence-corrected chi connectivity index (χ1v) is 6.30. The molecule has 0 fully saturated rings. The highest BCUT2D eigenvalue weighted by molar-refractivity contribution is 5.89. The van der Waals surface area contributed by atoms with Gasteiger partial charge in [0.15, 0.2) is 16.8 Å². The van der Waals surface area contributed by atoms with Crippen molar-refractivity contribution in [3.05, 3.63) is 58.3 Å². The lowest BCUT2D eigenvalue weighted by molar-refractivity contribution is 0.0697. The third-order valence-corrected chi connectivity index (χ3v) is 3.27. The predicted octanol–water partition coefficient (Wildman–Crippen LogP) is 2.57. The number of hydrogen-bond donors (Lipinski definition) is 3. The lowest BCUT2D eigenvalue weighted by Gasteiger charge is -2.06. The van der Waals surface area contributed by atoms with E-state index in [1.54, 1.807) is 0 Å². The summed E-state index contributed by atoms with van der Waals surface area (Å²) >= 11 is 0. The number of rotatable bonds is 2. The predicted molar refractivity (Wildman–Crippen MR) is 78.2 cm³/mol. The molecular weight excluding hydrogens is 288 g/mol. The van der Waals surface area contributed by atoms with Crippen molar-refractivity contribution in [2.75, 3.05) is 0 Å². The summed E-state index contributed by atoms with van der Waals surface area (Å²) in [4.78, 5) is 22.9. The highest BCUT2D eigenvalue weighted by Gasteiger charge is 2.13. The minimum atomic E-state index is -1.06. The Bertz CT molecular complexity index is 937. The minimum absolute atomic E-state index is 0.104. The number of carboxylic acid groups (broad SMARTS) is 1. The number of benzene rings is 2. The fourth-order valence-corrected chi connectivity index (χ4v) is 2.11. The maximum Gasteiger partial charge on any atom is 0.335 e. The first kappa shape index (κ1) is 13.7. The molecule has 0 aliphatic heterocycles. The number of hydrogen-bond acceptors (Lipinski definition) is 5. The quantitative estimate of drug-likeness (QED) is 0.627. The highest BCUT2D eigenvalue weighted by Crippen LogP contribution is 2.34. The molecule has 1 heterocycles. The first-order valence-electron chi connectivity index (χ1n) is 6.30. The molecule has 0 aliphatic rings. The van der Waals surface area contributed by atoms with Gasteiger partial charge in [0.05, 0.1) is 10.9 Å². The largest absolute Gasteiger partial charge is 0.504 e. The summed E-state index contributed by atoms with van der Waals surface area (Å²) in [6.45, 7) is 0. The van der Waals surface area contributed by atoms with E-state index < -0.39 is 17.5 Å². The zero-order valence-corrected chi connectivity index (χ0v) is 11.1. The van der Waals surface area contributed by atoms with Crippen LogP contribution in [-0.4, -0.2) is 21.3 Å². The van der Waals surface area contributed by atoms with Gasteiger partial charge in [-0.3, -0.25) is 4.79 Å². The van der Waals surface area contributed by atoms with Gasteiger partial charge in [0.1, 0.15) is 5.76 Å². The molecule has 0 unspecified atom stereocenters. The molecular formula is C16H10O6. The van der Waals surface area contributed by atoms with E-state index >= 15 is 0 Å². The van der Waals surface area contributed by atoms with Crippen LogP contribution < -0.4 is 5.43 Å². The van der Waals surface area contributed by atoms with Gasteiger partial charge < -0.3 is 19.7 Å². The van der Waals surface area contributed by atoms with Crippen molar-refractivity contribution in [2.24, 2.45) is 0 Å². The van der Waals surface area contributed by atoms with Crippen LogP contribution in [0.3, 0.4) is 0 Å². The number of phenols is 2. The molecule has 6 nitrogen and oxygen atoms in total. The van der Waals surface area contributed by atoms with Gasteiger partial charge in [0.25, 0.3) is 0 Å². The normalized spacial score (nSPS) is 10.7. The van der Waals surface area contributed by atoms with Crippen LogP contribution in [-0.2, 0) is 0 Å². The maximum absolute atomic E-state index is 12.1. The Hall–Kier alpha value is -3.28. The molecule has 0 bridgehead atoms. The maximum atomic E-state index is 12.1. The lowest BCUT2D eigenvalue weighted by Crippen LogP contribution is -2.00. The fraction of sp³-hybridized carbons (Fsp3) is 0. The van der Waals surface area contributed by atoms with Crippen LogP contribution >= 0.6 is 0 Å². The average molecular weight is 298 g/mol. The molecule has 6 heteroatoms. The highest BCUT2D eigenvalue weighted by atomic mass is 16.4. The Morgan fingerprint density at radius 1 is 1.00 bits per heavy atom. The third kappa shape index (κ3) is 2.16. The topological polar surface area (TPSA) is 108 Å². The molecule has 3 rings (SSSR count). The molecule has 0 radical (unpaired) electrons. The molecule has 3 aromatic rings. The second kappa shape index (κ2) is 4.92. The van der Waals surface area contributed by atoms with Crippen molar-refractivity contribution in [1.29, 1.82) is 0 Å². The molecule has 110 valence electrons. The van der Waals surface area contributed by atoms with Crippen molar-refractivity contribution in [3.63, 3.8) is 0 Å². The summed E-state index contributed by atoms with van der Waals surface area (Å²) in [6.07, 6.45) is 0. The Labute approximate surface area is 123 Å². The molecule has 0 spiro atoms. The van der Waals surface area contributed by atoms with Crippen LogP contribution in [0.1, 0.15) is 10.4 Å². The van der Waals surface area contributed by atoms with E-state index in [-0.39, 0.29) is 27.7 Å². The molecule has 1 aromatic heterocycles. The second-order valence-electron chi connectivity index (χ2n) is 4.67. The van der Waals surface area contributed by atoms with E-state index in [1.165, 1.54) is 42.5 Å². The summed E-state index contributed by atoms with van der Waals surface area (Å²) in [5.41, 5.74) is 0.0813. The molecule has 22 heavy (non-hydrogen) atoms. The van der Waals surface area contributed by atoms with Gasteiger partial charge >= 0.3 is 5.97 Å². The first-order chi connectivity index (χ1) is 10.5. The van der Waals surface area contributed by atoms with E-state index in [0.29, 0.717) is 5.56 Å². The summed E-state index contributed by atoms with van der Waals surface area (Å²) in [5, 5.41) is 28.3. The summed E-state index contributed by atoms with van der Waals surface area (Å²) in [7, 11) is 0. The summed E-state index contributed by atoms with van der Waals surface area (Å²) in [5.74, 6) is -1.81. The number of aromatic carboxylic acids is 1. The van der Waals surface area contributed by atoms with Crippen molar-refractivity contribution in [3.8, 4) is 22.8 Å². The van der Waals surface area contributed by atoms with Crippen LogP contribution in [0.25, 0.3) is 22.3 Å². The van der Waals surface area contributed by atoms with Crippen LogP contribution in [0.2, 0.25) is 0 Å². The van der Waals surface area contributed by atoms with Gasteiger partial charge in [-0.2, -0.15) is 0 Å². The van der Waals surface area contributed by atoms with Gasteiger partial charge in [-0.15, -0.1) is 0 Å². The van der Waals surface area contributed by atoms with Crippen molar-refractivity contribution >= 4 is 16.9 Å². The Kier molecular flexibility index (Phi) is 3.06. The molecule has 0 amide bonds. The van der Waals surface area contributed by atoms with E-state index in [9.17, 15) is 19.8 Å². The Morgan fingerprint density at radius 3 is 2.32 bits per heavy atom.